The normalized spacial score (nSPS) is 10.7. The molecule has 134 valence electrons. The summed E-state index contributed by atoms with van der Waals surface area (Å²) in [5.74, 6) is -0.695. The van der Waals surface area contributed by atoms with E-state index in [1.54, 1.807) is 72.8 Å². The summed E-state index contributed by atoms with van der Waals surface area (Å²) in [6.45, 7) is 0. The lowest BCUT2D eigenvalue weighted by molar-refractivity contribution is 0.101. The van der Waals surface area contributed by atoms with Gasteiger partial charge in [-0.2, -0.15) is 10.2 Å². The van der Waals surface area contributed by atoms with Gasteiger partial charge in [0.1, 0.15) is 0 Å². The highest BCUT2D eigenvalue weighted by atomic mass is 16.2. The smallest absolute Gasteiger partial charge is 0.276 e. The minimum Gasteiger partial charge on any atom is -0.321 e. The Morgan fingerprint density at radius 3 is 2.30 bits per heavy atom. The molecule has 0 atom stereocenters. The molecule has 4 rings (SSSR count). The summed E-state index contributed by atoms with van der Waals surface area (Å²) in [5, 5.41) is 13.8. The van der Waals surface area contributed by atoms with Crippen LogP contribution in [0.25, 0.3) is 5.65 Å². The van der Waals surface area contributed by atoms with E-state index in [9.17, 15) is 9.59 Å². The molecule has 2 N–H and O–H groups in total. The number of benzene rings is 1. The van der Waals surface area contributed by atoms with E-state index in [0.717, 1.165) is 0 Å². The number of rotatable bonds is 4. The summed E-state index contributed by atoms with van der Waals surface area (Å²) < 4.78 is 3.08. The molecule has 1 aromatic carbocycles. The van der Waals surface area contributed by atoms with Gasteiger partial charge in [0.15, 0.2) is 17.0 Å². The molecule has 0 aliphatic heterocycles. The lowest BCUT2D eigenvalue weighted by Crippen LogP contribution is -2.15. The summed E-state index contributed by atoms with van der Waals surface area (Å²) in [5.41, 5.74) is 2.21. The van der Waals surface area contributed by atoms with Crippen molar-refractivity contribution >= 4 is 28.8 Å². The average Bonchev–Trinajstić information content (AvgIpc) is 3.28. The second kappa shape index (κ2) is 6.71. The monoisotopic (exact) mass is 361 g/mol. The van der Waals surface area contributed by atoms with E-state index in [1.165, 1.54) is 4.52 Å². The van der Waals surface area contributed by atoms with Crippen molar-refractivity contribution in [1.82, 2.24) is 24.4 Å². The zero-order valence-electron chi connectivity index (χ0n) is 14.3. The fraction of sp³-hybridized carbons (Fsp3) is 0.0556. The van der Waals surface area contributed by atoms with Crippen LogP contribution >= 0.6 is 0 Å². The first-order valence-electron chi connectivity index (χ1n) is 8.11. The molecule has 3 heterocycles. The highest BCUT2D eigenvalue weighted by molar-refractivity contribution is 6.05. The van der Waals surface area contributed by atoms with Crippen LogP contribution in [0.3, 0.4) is 0 Å². The van der Waals surface area contributed by atoms with Gasteiger partial charge in [0.25, 0.3) is 11.8 Å². The van der Waals surface area contributed by atoms with E-state index in [2.05, 4.69) is 25.8 Å². The lowest BCUT2D eigenvalue weighted by atomic mass is 10.2. The summed E-state index contributed by atoms with van der Waals surface area (Å²) >= 11 is 0. The molecular formula is C18H15N7O2. The third-order valence-electron chi connectivity index (χ3n) is 3.79. The van der Waals surface area contributed by atoms with Crippen LogP contribution in [0.4, 0.5) is 11.4 Å². The van der Waals surface area contributed by atoms with E-state index in [0.29, 0.717) is 22.7 Å². The quantitative estimate of drug-likeness (QED) is 0.578. The molecule has 0 saturated carbocycles. The Kier molecular flexibility index (Phi) is 4.09. The van der Waals surface area contributed by atoms with Gasteiger partial charge < -0.3 is 10.6 Å². The minimum atomic E-state index is -0.367. The van der Waals surface area contributed by atoms with E-state index in [4.69, 9.17) is 0 Å². The Hall–Kier alpha value is -4.01. The van der Waals surface area contributed by atoms with Gasteiger partial charge in [-0.3, -0.25) is 14.3 Å². The van der Waals surface area contributed by atoms with Gasteiger partial charge in [-0.25, -0.2) is 9.50 Å². The Labute approximate surface area is 153 Å². The molecule has 0 aliphatic rings. The standard InChI is InChI=1S/C18H15N7O2/c1-24-9-6-14(22-24)17(26)20-12-4-2-5-13(10-12)21-18(27)15-11-16-19-7-3-8-25(16)23-15/h2-11H,1H3,(H,20,26)(H,21,27). The van der Waals surface area contributed by atoms with Crippen LogP contribution in [0, 0.1) is 0 Å². The van der Waals surface area contributed by atoms with Crippen molar-refractivity contribution in [2.75, 3.05) is 10.6 Å². The van der Waals surface area contributed by atoms with Gasteiger partial charge >= 0.3 is 0 Å². The molecule has 2 amide bonds. The predicted octanol–water partition coefficient (Wildman–Crippen LogP) is 1.97. The third-order valence-corrected chi connectivity index (χ3v) is 3.79. The number of anilines is 2. The van der Waals surface area contributed by atoms with Gasteiger partial charge in [0.2, 0.25) is 0 Å². The first kappa shape index (κ1) is 16.5. The molecule has 0 bridgehead atoms. The van der Waals surface area contributed by atoms with E-state index in [1.807, 2.05) is 0 Å². The van der Waals surface area contributed by atoms with Crippen molar-refractivity contribution in [3.05, 3.63) is 72.4 Å². The number of aromatic nitrogens is 5. The van der Waals surface area contributed by atoms with Crippen LogP contribution < -0.4 is 10.6 Å². The maximum atomic E-state index is 12.4. The number of nitrogens with zero attached hydrogens (tertiary/aromatic N) is 5. The second-order valence-electron chi connectivity index (χ2n) is 5.82. The van der Waals surface area contributed by atoms with Crippen LogP contribution in [0.15, 0.2) is 61.1 Å². The first-order chi connectivity index (χ1) is 13.1. The maximum absolute atomic E-state index is 12.4. The topological polar surface area (TPSA) is 106 Å². The molecule has 0 radical (unpaired) electrons. The number of fused-ring (bicyclic) bond motifs is 1. The van der Waals surface area contributed by atoms with Crippen LogP contribution in [0.5, 0.6) is 0 Å². The molecule has 3 aromatic heterocycles. The van der Waals surface area contributed by atoms with Crippen LogP contribution in [-0.2, 0) is 7.05 Å². The van der Waals surface area contributed by atoms with Crippen molar-refractivity contribution in [2.24, 2.45) is 7.05 Å². The molecule has 4 aromatic rings. The molecule has 9 heteroatoms. The summed E-state index contributed by atoms with van der Waals surface area (Å²) in [7, 11) is 1.74. The molecule has 0 saturated heterocycles. The summed E-state index contributed by atoms with van der Waals surface area (Å²) in [4.78, 5) is 28.7. The molecule has 0 fully saturated rings. The summed E-state index contributed by atoms with van der Waals surface area (Å²) in [6.07, 6.45) is 5.04. The molecule has 9 nitrogen and oxygen atoms in total. The average molecular weight is 361 g/mol. The molecule has 0 aliphatic carbocycles. The van der Waals surface area contributed by atoms with Crippen LogP contribution in [0.2, 0.25) is 0 Å². The third kappa shape index (κ3) is 3.52. The Balaban J connectivity index is 1.48. The highest BCUT2D eigenvalue weighted by Crippen LogP contribution is 2.17. The summed E-state index contributed by atoms with van der Waals surface area (Å²) in [6, 6.07) is 11.8. The van der Waals surface area contributed by atoms with E-state index >= 15 is 0 Å². The number of nitrogens with one attached hydrogen (secondary N) is 2. The van der Waals surface area contributed by atoms with Crippen LogP contribution in [-0.4, -0.2) is 36.2 Å². The maximum Gasteiger partial charge on any atom is 0.276 e. The van der Waals surface area contributed by atoms with Gasteiger partial charge in [0.05, 0.1) is 0 Å². The fourth-order valence-corrected chi connectivity index (χ4v) is 2.54. The predicted molar refractivity (Wildman–Crippen MR) is 98.5 cm³/mol. The lowest BCUT2D eigenvalue weighted by Gasteiger charge is -2.07. The number of amides is 2. The molecule has 27 heavy (non-hydrogen) atoms. The van der Waals surface area contributed by atoms with Crippen molar-refractivity contribution in [1.29, 1.82) is 0 Å². The largest absolute Gasteiger partial charge is 0.321 e. The van der Waals surface area contributed by atoms with E-state index in [-0.39, 0.29) is 17.5 Å². The second-order valence-corrected chi connectivity index (χ2v) is 5.82. The molecule has 0 unspecified atom stereocenters. The zero-order chi connectivity index (χ0) is 18.8. The van der Waals surface area contributed by atoms with Gasteiger partial charge in [-0.05, 0) is 30.3 Å². The number of hydrogen-bond acceptors (Lipinski definition) is 5. The first-order valence-corrected chi connectivity index (χ1v) is 8.11. The van der Waals surface area contributed by atoms with Crippen molar-refractivity contribution < 1.29 is 9.59 Å². The SMILES string of the molecule is Cn1ccc(C(=O)Nc2cccc(NC(=O)c3cc4ncccn4n3)c2)n1. The Morgan fingerprint density at radius 1 is 0.889 bits per heavy atom. The number of hydrogen-bond donors (Lipinski definition) is 2. The van der Waals surface area contributed by atoms with Crippen molar-refractivity contribution in [2.45, 2.75) is 0 Å². The zero-order valence-corrected chi connectivity index (χ0v) is 14.3. The van der Waals surface area contributed by atoms with Crippen LogP contribution in [0.1, 0.15) is 21.0 Å². The van der Waals surface area contributed by atoms with Gasteiger partial charge in [-0.15, -0.1) is 0 Å². The molecular weight excluding hydrogens is 346 g/mol. The number of carbonyl (C=O) groups is 2. The highest BCUT2D eigenvalue weighted by Gasteiger charge is 2.13. The number of aryl methyl sites for hydroxylation is 1. The van der Waals surface area contributed by atoms with Gasteiger partial charge in [-0.1, -0.05) is 6.07 Å². The Bertz CT molecular complexity index is 1110. The fourth-order valence-electron chi connectivity index (χ4n) is 2.54. The molecule has 0 spiro atoms. The van der Waals surface area contributed by atoms with Gasteiger partial charge in [0, 0.05) is 43.1 Å². The van der Waals surface area contributed by atoms with E-state index < -0.39 is 0 Å². The number of carbonyl (C=O) groups excluding carboxylic acids is 2. The Morgan fingerprint density at radius 2 is 1.63 bits per heavy atom. The van der Waals surface area contributed by atoms with Crippen molar-refractivity contribution in [3.8, 4) is 0 Å². The van der Waals surface area contributed by atoms with Crippen molar-refractivity contribution in [3.63, 3.8) is 0 Å². The minimum absolute atomic E-state index is 0.247.